The lowest BCUT2D eigenvalue weighted by atomic mass is 9.88. The lowest BCUT2D eigenvalue weighted by Gasteiger charge is -2.18. The minimum absolute atomic E-state index is 0.323. The maximum Gasteiger partial charge on any atom is 0.257 e. The number of thiophene rings is 1. The van der Waals surface area contributed by atoms with Crippen molar-refractivity contribution in [2.45, 2.75) is 26.2 Å². The molecular weight excluding hydrogens is 454 g/mol. The molecule has 0 spiro atoms. The molecule has 0 radical (unpaired) electrons. The molecule has 5 rings (SSSR count). The Morgan fingerprint density at radius 1 is 1.15 bits per heavy atom. The molecule has 0 saturated heterocycles. The van der Waals surface area contributed by atoms with Gasteiger partial charge in [-0.15, -0.1) is 11.3 Å². The zero-order valence-corrected chi connectivity index (χ0v) is 19.6. The number of nitrogens with zero attached hydrogens (tertiary/aromatic N) is 1. The summed E-state index contributed by atoms with van der Waals surface area (Å²) in [5, 5.41) is 4.66. The third-order valence-electron chi connectivity index (χ3n) is 6.07. The van der Waals surface area contributed by atoms with Crippen LogP contribution < -0.4 is 11.1 Å². The number of hydrogen-bond acceptors (Lipinski definition) is 4. The molecule has 3 N–H and O–H groups in total. The monoisotopic (exact) mass is 475 g/mol. The second-order valence-corrected chi connectivity index (χ2v) is 10.00. The molecule has 4 aromatic rings. The molecule has 1 aliphatic rings. The quantitative estimate of drug-likeness (QED) is 0.374. The number of carbonyl (C=O) groups excluding carboxylic acids is 2. The van der Waals surface area contributed by atoms with Crippen molar-refractivity contribution in [2.75, 3.05) is 5.32 Å². The van der Waals surface area contributed by atoms with Gasteiger partial charge in [0.25, 0.3) is 11.8 Å². The molecule has 33 heavy (non-hydrogen) atoms. The number of primary amides is 1. The van der Waals surface area contributed by atoms with Crippen LogP contribution in [0.2, 0.25) is 5.02 Å². The van der Waals surface area contributed by atoms with Gasteiger partial charge in [-0.3, -0.25) is 9.59 Å². The predicted octanol–water partition coefficient (Wildman–Crippen LogP) is 6.09. The smallest absolute Gasteiger partial charge is 0.257 e. The number of aromatic nitrogens is 1. The summed E-state index contributed by atoms with van der Waals surface area (Å²) < 4.78 is 0. The molecule has 2 amide bonds. The van der Waals surface area contributed by atoms with Gasteiger partial charge in [0.05, 0.1) is 22.3 Å². The van der Waals surface area contributed by atoms with Gasteiger partial charge in [-0.1, -0.05) is 48.9 Å². The average molecular weight is 476 g/mol. The van der Waals surface area contributed by atoms with E-state index in [0.717, 1.165) is 35.3 Å². The van der Waals surface area contributed by atoms with E-state index in [1.54, 1.807) is 24.3 Å². The van der Waals surface area contributed by atoms with Crippen LogP contribution in [0.25, 0.3) is 22.2 Å². The van der Waals surface area contributed by atoms with E-state index in [0.29, 0.717) is 43.7 Å². The van der Waals surface area contributed by atoms with Gasteiger partial charge in [0.2, 0.25) is 0 Å². The number of hydrogen-bond donors (Lipinski definition) is 2. The van der Waals surface area contributed by atoms with Crippen LogP contribution in [0.3, 0.4) is 0 Å². The molecule has 5 nitrogen and oxygen atoms in total. The number of nitrogens with two attached hydrogens (primary N) is 1. The summed E-state index contributed by atoms with van der Waals surface area (Å²) in [5.41, 5.74) is 9.85. The Morgan fingerprint density at radius 2 is 1.94 bits per heavy atom. The Balaban J connectivity index is 1.61. The van der Waals surface area contributed by atoms with Crippen molar-refractivity contribution in [3.8, 4) is 11.3 Å². The lowest BCUT2D eigenvalue weighted by Crippen LogP contribution is -2.19. The molecule has 7 heteroatoms. The van der Waals surface area contributed by atoms with Crippen LogP contribution in [-0.4, -0.2) is 16.8 Å². The van der Waals surface area contributed by atoms with E-state index in [4.69, 9.17) is 22.3 Å². The van der Waals surface area contributed by atoms with Crippen LogP contribution in [0.4, 0.5) is 5.00 Å². The fourth-order valence-corrected chi connectivity index (χ4v) is 6.00. The fraction of sp³-hybridized carbons (Fsp3) is 0.192. The Morgan fingerprint density at radius 3 is 2.70 bits per heavy atom. The van der Waals surface area contributed by atoms with E-state index < -0.39 is 5.91 Å². The minimum atomic E-state index is -0.509. The third-order valence-corrected chi connectivity index (χ3v) is 7.47. The largest absolute Gasteiger partial charge is 0.365 e. The molecule has 0 saturated carbocycles. The van der Waals surface area contributed by atoms with Crippen molar-refractivity contribution in [3.05, 3.63) is 81.2 Å². The Hall–Kier alpha value is -3.22. The number of nitrogens with one attached hydrogen (secondary N) is 1. The van der Waals surface area contributed by atoms with Crippen molar-refractivity contribution in [3.63, 3.8) is 0 Å². The van der Waals surface area contributed by atoms with Crippen LogP contribution in [0.15, 0.2) is 54.6 Å². The molecule has 2 heterocycles. The van der Waals surface area contributed by atoms with E-state index in [-0.39, 0.29) is 5.91 Å². The van der Waals surface area contributed by atoms with Crippen LogP contribution in [0.1, 0.15) is 44.5 Å². The van der Waals surface area contributed by atoms with E-state index in [9.17, 15) is 9.59 Å². The molecule has 1 aliphatic carbocycles. The Labute approximate surface area is 200 Å². The van der Waals surface area contributed by atoms with Gasteiger partial charge in [-0.25, -0.2) is 4.98 Å². The van der Waals surface area contributed by atoms with E-state index in [1.807, 2.05) is 30.3 Å². The van der Waals surface area contributed by atoms with E-state index >= 15 is 0 Å². The summed E-state index contributed by atoms with van der Waals surface area (Å²) in [6.45, 7) is 2.20. The van der Waals surface area contributed by atoms with Gasteiger partial charge in [0.15, 0.2) is 0 Å². The number of rotatable bonds is 4. The molecule has 2 aromatic heterocycles. The molecule has 0 unspecified atom stereocenters. The molecule has 2 aromatic carbocycles. The first kappa shape index (κ1) is 21.6. The highest BCUT2D eigenvalue weighted by Crippen LogP contribution is 2.40. The molecule has 166 valence electrons. The maximum absolute atomic E-state index is 13.5. The van der Waals surface area contributed by atoms with Crippen molar-refractivity contribution < 1.29 is 9.59 Å². The zero-order chi connectivity index (χ0) is 23.1. The molecule has 0 bridgehead atoms. The number of fused-ring (bicyclic) bond motifs is 2. The molecular formula is C26H22ClN3O2S. The summed E-state index contributed by atoms with van der Waals surface area (Å²) in [4.78, 5) is 31.7. The molecule has 1 atom stereocenters. The number of halogens is 1. The average Bonchev–Trinajstić information content (AvgIpc) is 3.15. The topological polar surface area (TPSA) is 85.1 Å². The maximum atomic E-state index is 13.5. The zero-order valence-electron chi connectivity index (χ0n) is 18.0. The van der Waals surface area contributed by atoms with Gasteiger partial charge in [-0.05, 0) is 55.0 Å². The van der Waals surface area contributed by atoms with Crippen molar-refractivity contribution in [1.29, 1.82) is 0 Å². The summed E-state index contributed by atoms with van der Waals surface area (Å²) in [7, 11) is 0. The summed E-state index contributed by atoms with van der Waals surface area (Å²) in [6, 6.07) is 16.8. The second-order valence-electron chi connectivity index (χ2n) is 8.46. The number of benzene rings is 2. The van der Waals surface area contributed by atoms with Crippen molar-refractivity contribution >= 4 is 50.7 Å². The van der Waals surface area contributed by atoms with Gasteiger partial charge in [0, 0.05) is 20.8 Å². The lowest BCUT2D eigenvalue weighted by molar-refractivity contribution is 0.1000. The highest BCUT2D eigenvalue weighted by atomic mass is 35.5. The summed E-state index contributed by atoms with van der Waals surface area (Å²) in [5.74, 6) is -0.291. The van der Waals surface area contributed by atoms with Gasteiger partial charge in [0.1, 0.15) is 5.00 Å². The first-order valence-corrected chi connectivity index (χ1v) is 12.0. The standard InChI is InChI=1S/C26H22ClN3O2S/c1-14-7-9-17-22(11-14)33-26(23(17)24(28)31)30-25(32)19-13-21(15-5-3-2-4-6-15)29-20-10-8-16(27)12-18(19)20/h2-6,8,10,12-14H,7,9,11H2,1H3,(H2,28,31)(H,30,32)/t14-/m0/s1. The normalized spacial score (nSPS) is 15.3. The summed E-state index contributed by atoms with van der Waals surface area (Å²) >= 11 is 7.69. The Kier molecular flexibility index (Phi) is 5.64. The highest BCUT2D eigenvalue weighted by Gasteiger charge is 2.28. The minimum Gasteiger partial charge on any atom is -0.365 e. The number of amides is 2. The van der Waals surface area contributed by atoms with Crippen LogP contribution >= 0.6 is 22.9 Å². The third kappa shape index (κ3) is 4.12. The van der Waals surface area contributed by atoms with Crippen LogP contribution in [0.5, 0.6) is 0 Å². The molecule has 0 aliphatic heterocycles. The SMILES string of the molecule is C[C@H]1CCc2c(sc(NC(=O)c3cc(-c4ccccc4)nc4ccc(Cl)cc34)c2C(N)=O)C1. The van der Waals surface area contributed by atoms with Gasteiger partial charge < -0.3 is 11.1 Å². The first-order valence-electron chi connectivity index (χ1n) is 10.8. The Bertz CT molecular complexity index is 1400. The fourth-order valence-electron chi connectivity index (χ4n) is 4.41. The van der Waals surface area contributed by atoms with Gasteiger partial charge in [-0.2, -0.15) is 0 Å². The number of pyridine rings is 1. The predicted molar refractivity (Wildman–Crippen MR) is 134 cm³/mol. The van der Waals surface area contributed by atoms with Crippen LogP contribution in [-0.2, 0) is 12.8 Å². The van der Waals surface area contributed by atoms with Crippen LogP contribution in [0, 0.1) is 5.92 Å². The molecule has 0 fully saturated rings. The van der Waals surface area contributed by atoms with Crippen molar-refractivity contribution in [2.24, 2.45) is 11.7 Å². The number of anilines is 1. The second kappa shape index (κ2) is 8.61. The number of carbonyl (C=O) groups is 2. The summed E-state index contributed by atoms with van der Waals surface area (Å²) in [6.07, 6.45) is 2.69. The first-order chi connectivity index (χ1) is 15.9. The highest BCUT2D eigenvalue weighted by molar-refractivity contribution is 7.17. The van der Waals surface area contributed by atoms with Gasteiger partial charge >= 0.3 is 0 Å². The van der Waals surface area contributed by atoms with E-state index in [2.05, 4.69) is 12.2 Å². The van der Waals surface area contributed by atoms with Crippen molar-refractivity contribution in [1.82, 2.24) is 4.98 Å². The van der Waals surface area contributed by atoms with E-state index in [1.165, 1.54) is 11.3 Å².